The highest BCUT2D eigenvalue weighted by Gasteiger charge is 2.10. The van der Waals surface area contributed by atoms with Crippen LogP contribution in [-0.4, -0.2) is 20.7 Å². The monoisotopic (exact) mass is 376 g/mol. The Morgan fingerprint density at radius 1 is 1.04 bits per heavy atom. The van der Waals surface area contributed by atoms with Crippen LogP contribution in [0.5, 0.6) is 0 Å². The van der Waals surface area contributed by atoms with E-state index < -0.39 is 0 Å². The maximum atomic E-state index is 12.4. The molecule has 4 aromatic rings. The highest BCUT2D eigenvalue weighted by atomic mass is 32.1. The molecule has 0 radical (unpaired) electrons. The Balaban J connectivity index is 1.41. The van der Waals surface area contributed by atoms with Gasteiger partial charge in [-0.15, -0.1) is 11.3 Å². The van der Waals surface area contributed by atoms with Crippen LogP contribution >= 0.6 is 11.3 Å². The SMILES string of the molecule is O=C(Cn1ncc2ccccc2c1=O)NCc1cnc(-c2ccccc2)s1. The summed E-state index contributed by atoms with van der Waals surface area (Å²) in [5.74, 6) is -0.269. The number of hydrogen-bond acceptors (Lipinski definition) is 5. The second-order valence-corrected chi connectivity index (χ2v) is 7.08. The Hall–Kier alpha value is -3.32. The van der Waals surface area contributed by atoms with Crippen molar-refractivity contribution in [2.45, 2.75) is 13.1 Å². The van der Waals surface area contributed by atoms with Crippen molar-refractivity contribution in [3.05, 3.63) is 82.2 Å². The minimum Gasteiger partial charge on any atom is -0.350 e. The number of benzene rings is 2. The van der Waals surface area contributed by atoms with Crippen molar-refractivity contribution < 1.29 is 4.79 Å². The van der Waals surface area contributed by atoms with Gasteiger partial charge >= 0.3 is 0 Å². The highest BCUT2D eigenvalue weighted by Crippen LogP contribution is 2.24. The van der Waals surface area contributed by atoms with E-state index in [9.17, 15) is 9.59 Å². The fourth-order valence-electron chi connectivity index (χ4n) is 2.72. The van der Waals surface area contributed by atoms with Crippen molar-refractivity contribution >= 4 is 28.0 Å². The molecule has 1 amide bonds. The number of hydrogen-bond donors (Lipinski definition) is 1. The predicted octanol–water partition coefficient (Wildman–Crippen LogP) is 2.84. The van der Waals surface area contributed by atoms with Crippen molar-refractivity contribution in [1.29, 1.82) is 0 Å². The molecule has 6 nitrogen and oxygen atoms in total. The van der Waals surface area contributed by atoms with Gasteiger partial charge in [-0.2, -0.15) is 5.10 Å². The lowest BCUT2D eigenvalue weighted by Crippen LogP contribution is -2.33. The summed E-state index contributed by atoms with van der Waals surface area (Å²) in [4.78, 5) is 30.0. The molecule has 0 bridgehead atoms. The standard InChI is InChI=1S/C20H16N4O2S/c25-18(13-24-20(26)17-9-5-4-8-15(17)10-23-24)21-11-16-12-22-19(27-16)14-6-2-1-3-7-14/h1-10,12H,11,13H2,(H,21,25). The van der Waals surface area contributed by atoms with E-state index in [0.29, 0.717) is 11.9 Å². The third-order valence-electron chi connectivity index (χ3n) is 4.09. The van der Waals surface area contributed by atoms with Gasteiger partial charge in [0, 0.05) is 22.0 Å². The first kappa shape index (κ1) is 17.1. The van der Waals surface area contributed by atoms with Gasteiger partial charge in [-0.3, -0.25) is 9.59 Å². The molecule has 4 rings (SSSR count). The van der Waals surface area contributed by atoms with E-state index in [-0.39, 0.29) is 18.0 Å². The van der Waals surface area contributed by atoms with Crippen LogP contribution in [0, 0.1) is 0 Å². The normalized spacial score (nSPS) is 10.8. The van der Waals surface area contributed by atoms with Crippen LogP contribution in [0.3, 0.4) is 0 Å². The second-order valence-electron chi connectivity index (χ2n) is 5.97. The first-order valence-electron chi connectivity index (χ1n) is 8.42. The van der Waals surface area contributed by atoms with Crippen molar-refractivity contribution in [1.82, 2.24) is 20.1 Å². The summed E-state index contributed by atoms with van der Waals surface area (Å²) in [6, 6.07) is 17.1. The molecule has 1 N–H and O–H groups in total. The number of nitrogens with zero attached hydrogens (tertiary/aromatic N) is 3. The Morgan fingerprint density at radius 3 is 2.67 bits per heavy atom. The topological polar surface area (TPSA) is 76.9 Å². The van der Waals surface area contributed by atoms with Crippen LogP contribution in [-0.2, 0) is 17.9 Å². The summed E-state index contributed by atoms with van der Waals surface area (Å²) < 4.78 is 1.18. The number of amides is 1. The van der Waals surface area contributed by atoms with Gasteiger partial charge in [0.25, 0.3) is 5.56 Å². The lowest BCUT2D eigenvalue weighted by atomic mass is 10.2. The molecule has 0 spiro atoms. The van der Waals surface area contributed by atoms with E-state index in [1.165, 1.54) is 16.0 Å². The van der Waals surface area contributed by atoms with Gasteiger partial charge in [0.15, 0.2) is 0 Å². The molecule has 27 heavy (non-hydrogen) atoms. The van der Waals surface area contributed by atoms with E-state index in [2.05, 4.69) is 15.4 Å². The molecule has 2 heterocycles. The predicted molar refractivity (Wildman–Crippen MR) is 105 cm³/mol. The number of carbonyl (C=O) groups excluding carboxylic acids is 1. The molecule has 0 aliphatic heterocycles. The Morgan fingerprint density at radius 2 is 1.81 bits per heavy atom. The number of rotatable bonds is 5. The Bertz CT molecular complexity index is 1150. The fraction of sp³-hybridized carbons (Fsp3) is 0.100. The Labute approximate surface area is 159 Å². The molecule has 0 atom stereocenters. The molecule has 134 valence electrons. The van der Waals surface area contributed by atoms with E-state index >= 15 is 0 Å². The maximum absolute atomic E-state index is 12.4. The molecule has 7 heteroatoms. The average Bonchev–Trinajstić information content (AvgIpc) is 3.19. The van der Waals surface area contributed by atoms with Crippen LogP contribution in [0.15, 0.2) is 71.8 Å². The molecule has 0 saturated carbocycles. The van der Waals surface area contributed by atoms with Gasteiger partial charge in [0.05, 0.1) is 18.1 Å². The van der Waals surface area contributed by atoms with Gasteiger partial charge in [0.1, 0.15) is 11.6 Å². The van der Waals surface area contributed by atoms with Crippen LogP contribution in [0.25, 0.3) is 21.3 Å². The first-order valence-corrected chi connectivity index (χ1v) is 9.24. The number of fused-ring (bicyclic) bond motifs is 1. The Kier molecular flexibility index (Phi) is 4.76. The lowest BCUT2D eigenvalue weighted by molar-refractivity contribution is -0.122. The minimum absolute atomic E-state index is 0.117. The molecule has 0 unspecified atom stereocenters. The van der Waals surface area contributed by atoms with Crippen LogP contribution < -0.4 is 10.9 Å². The van der Waals surface area contributed by atoms with Gasteiger partial charge in [0.2, 0.25) is 5.91 Å². The van der Waals surface area contributed by atoms with Crippen molar-refractivity contribution in [2.24, 2.45) is 0 Å². The van der Waals surface area contributed by atoms with E-state index in [4.69, 9.17) is 0 Å². The largest absolute Gasteiger partial charge is 0.350 e. The number of aromatic nitrogens is 3. The zero-order valence-electron chi connectivity index (χ0n) is 14.3. The van der Waals surface area contributed by atoms with Gasteiger partial charge in [-0.1, -0.05) is 48.5 Å². The number of thiazole rings is 1. The average molecular weight is 376 g/mol. The number of carbonyl (C=O) groups is 1. The molecule has 2 aromatic carbocycles. The van der Waals surface area contributed by atoms with Crippen LogP contribution in [0.2, 0.25) is 0 Å². The molecule has 0 fully saturated rings. The van der Waals surface area contributed by atoms with Crippen molar-refractivity contribution in [2.75, 3.05) is 0 Å². The van der Waals surface area contributed by atoms with E-state index in [1.54, 1.807) is 24.5 Å². The lowest BCUT2D eigenvalue weighted by Gasteiger charge is -2.06. The molecule has 2 aromatic heterocycles. The summed E-state index contributed by atoms with van der Waals surface area (Å²) in [6.45, 7) is 0.250. The third-order valence-corrected chi connectivity index (χ3v) is 5.14. The highest BCUT2D eigenvalue weighted by molar-refractivity contribution is 7.15. The molecular formula is C20H16N4O2S. The zero-order valence-corrected chi connectivity index (χ0v) is 15.1. The van der Waals surface area contributed by atoms with Crippen LogP contribution in [0.4, 0.5) is 0 Å². The van der Waals surface area contributed by atoms with Gasteiger partial charge in [-0.25, -0.2) is 9.67 Å². The third kappa shape index (κ3) is 3.78. The molecule has 0 aliphatic carbocycles. The summed E-state index contributed by atoms with van der Waals surface area (Å²) in [5, 5.41) is 9.12. The molecule has 0 aliphatic rings. The second kappa shape index (κ2) is 7.51. The quantitative estimate of drug-likeness (QED) is 0.581. The smallest absolute Gasteiger partial charge is 0.275 e. The van der Waals surface area contributed by atoms with Gasteiger partial charge < -0.3 is 5.32 Å². The van der Waals surface area contributed by atoms with Crippen molar-refractivity contribution in [3.8, 4) is 10.6 Å². The van der Waals surface area contributed by atoms with Crippen molar-refractivity contribution in [3.63, 3.8) is 0 Å². The maximum Gasteiger partial charge on any atom is 0.275 e. The summed E-state index contributed by atoms with van der Waals surface area (Å²) in [5.41, 5.74) is 0.777. The van der Waals surface area contributed by atoms with E-state index in [0.717, 1.165) is 20.8 Å². The van der Waals surface area contributed by atoms with Crippen LogP contribution in [0.1, 0.15) is 4.88 Å². The summed E-state index contributed by atoms with van der Waals surface area (Å²) in [7, 11) is 0. The molecular weight excluding hydrogens is 360 g/mol. The molecule has 0 saturated heterocycles. The minimum atomic E-state index is -0.271. The first-order chi connectivity index (χ1) is 13.2. The summed E-state index contributed by atoms with van der Waals surface area (Å²) >= 11 is 1.53. The zero-order chi connectivity index (χ0) is 18.6. The fourth-order valence-corrected chi connectivity index (χ4v) is 3.58. The number of nitrogens with one attached hydrogen (secondary N) is 1. The summed E-state index contributed by atoms with van der Waals surface area (Å²) in [6.07, 6.45) is 3.35. The van der Waals surface area contributed by atoms with E-state index in [1.807, 2.05) is 42.5 Å². The van der Waals surface area contributed by atoms with Gasteiger partial charge in [-0.05, 0) is 6.07 Å².